The summed E-state index contributed by atoms with van der Waals surface area (Å²) in [5.41, 5.74) is 4.75. The van der Waals surface area contributed by atoms with Crippen molar-refractivity contribution in [2.45, 2.75) is 13.2 Å². The van der Waals surface area contributed by atoms with Crippen LogP contribution in [0.5, 0.6) is 0 Å². The second-order valence-electron chi connectivity index (χ2n) is 4.68. The van der Waals surface area contributed by atoms with E-state index in [0.717, 1.165) is 0 Å². The molecule has 2 aromatic carbocycles. The lowest BCUT2D eigenvalue weighted by Crippen LogP contribution is -1.87. The van der Waals surface area contributed by atoms with Crippen LogP contribution in [-0.2, 0) is 22.7 Å². The Morgan fingerprint density at radius 3 is 1.30 bits per heavy atom. The van der Waals surface area contributed by atoms with Crippen molar-refractivity contribution in [1.29, 1.82) is 0 Å². The molecule has 0 unspecified atom stereocenters. The fourth-order valence-corrected chi connectivity index (χ4v) is 1.98. The quantitative estimate of drug-likeness (QED) is 0.733. The van der Waals surface area contributed by atoms with Crippen molar-refractivity contribution in [3.05, 3.63) is 70.8 Å². The standard InChI is InChI=1S/C18H20O2/c1-19-13-17-9-5-15(6-10-17)3-4-16-7-11-18(12-8-16)14-20-2/h3-12H,13-14H2,1-2H3/b4-3+. The van der Waals surface area contributed by atoms with E-state index >= 15 is 0 Å². The van der Waals surface area contributed by atoms with E-state index in [9.17, 15) is 0 Å². The van der Waals surface area contributed by atoms with E-state index in [1.807, 2.05) is 0 Å². The van der Waals surface area contributed by atoms with Crippen molar-refractivity contribution >= 4 is 12.2 Å². The number of rotatable bonds is 6. The largest absolute Gasteiger partial charge is 0.380 e. The molecule has 0 radical (unpaired) electrons. The molecule has 0 aliphatic carbocycles. The van der Waals surface area contributed by atoms with E-state index in [2.05, 4.69) is 60.7 Å². The van der Waals surface area contributed by atoms with Crippen LogP contribution >= 0.6 is 0 Å². The third-order valence-electron chi connectivity index (χ3n) is 3.05. The maximum absolute atomic E-state index is 5.10. The van der Waals surface area contributed by atoms with Gasteiger partial charge in [-0.15, -0.1) is 0 Å². The van der Waals surface area contributed by atoms with Crippen LogP contribution in [0.4, 0.5) is 0 Å². The first-order valence-electron chi connectivity index (χ1n) is 6.65. The van der Waals surface area contributed by atoms with Crippen molar-refractivity contribution < 1.29 is 9.47 Å². The molecule has 0 saturated carbocycles. The van der Waals surface area contributed by atoms with Crippen molar-refractivity contribution in [1.82, 2.24) is 0 Å². The summed E-state index contributed by atoms with van der Waals surface area (Å²) < 4.78 is 10.2. The van der Waals surface area contributed by atoms with Crippen LogP contribution in [0.1, 0.15) is 22.3 Å². The molecule has 2 heteroatoms. The van der Waals surface area contributed by atoms with Crippen LogP contribution in [0.3, 0.4) is 0 Å². The Labute approximate surface area is 120 Å². The predicted octanol–water partition coefficient (Wildman–Crippen LogP) is 4.15. The Hall–Kier alpha value is -1.90. The molecule has 0 heterocycles. The minimum absolute atomic E-state index is 0.658. The number of methoxy groups -OCH3 is 2. The van der Waals surface area contributed by atoms with Gasteiger partial charge in [0.15, 0.2) is 0 Å². The van der Waals surface area contributed by atoms with Gasteiger partial charge in [0.25, 0.3) is 0 Å². The SMILES string of the molecule is COCc1ccc(/C=C/c2ccc(COC)cc2)cc1. The molecule has 20 heavy (non-hydrogen) atoms. The Balaban J connectivity index is 2.01. The van der Waals surface area contributed by atoms with Gasteiger partial charge < -0.3 is 9.47 Å². The van der Waals surface area contributed by atoms with Crippen molar-refractivity contribution in [2.24, 2.45) is 0 Å². The molecule has 0 saturated heterocycles. The first kappa shape index (κ1) is 14.5. The summed E-state index contributed by atoms with van der Waals surface area (Å²) in [6.07, 6.45) is 4.23. The maximum atomic E-state index is 5.10. The molecule has 0 aliphatic heterocycles. The lowest BCUT2D eigenvalue weighted by Gasteiger charge is -2.01. The highest BCUT2D eigenvalue weighted by Crippen LogP contribution is 2.11. The first-order chi connectivity index (χ1) is 9.81. The predicted molar refractivity (Wildman–Crippen MR) is 83.2 cm³/mol. The molecule has 2 nitrogen and oxygen atoms in total. The summed E-state index contributed by atoms with van der Waals surface area (Å²) in [5, 5.41) is 0. The van der Waals surface area contributed by atoms with Gasteiger partial charge in [0.1, 0.15) is 0 Å². The zero-order valence-corrected chi connectivity index (χ0v) is 12.0. The third kappa shape index (κ3) is 4.34. The van der Waals surface area contributed by atoms with E-state index in [1.54, 1.807) is 14.2 Å². The minimum atomic E-state index is 0.658. The van der Waals surface area contributed by atoms with Crippen LogP contribution in [0.2, 0.25) is 0 Å². The van der Waals surface area contributed by atoms with Gasteiger partial charge in [0, 0.05) is 14.2 Å². The van der Waals surface area contributed by atoms with E-state index < -0.39 is 0 Å². The minimum Gasteiger partial charge on any atom is -0.380 e. The fourth-order valence-electron chi connectivity index (χ4n) is 1.98. The smallest absolute Gasteiger partial charge is 0.0713 e. The van der Waals surface area contributed by atoms with Crippen LogP contribution in [0.15, 0.2) is 48.5 Å². The normalized spacial score (nSPS) is 11.1. The Bertz CT molecular complexity index is 487. The zero-order valence-electron chi connectivity index (χ0n) is 12.0. The van der Waals surface area contributed by atoms with Gasteiger partial charge >= 0.3 is 0 Å². The Morgan fingerprint density at radius 1 is 0.650 bits per heavy atom. The summed E-state index contributed by atoms with van der Waals surface area (Å²) in [5.74, 6) is 0. The average Bonchev–Trinajstić information content (AvgIpc) is 2.49. The molecule has 0 aliphatic rings. The Morgan fingerprint density at radius 2 is 1.00 bits per heavy atom. The van der Waals surface area contributed by atoms with E-state index in [1.165, 1.54) is 22.3 Å². The molecule has 0 spiro atoms. The highest BCUT2D eigenvalue weighted by Gasteiger charge is 1.93. The van der Waals surface area contributed by atoms with Gasteiger partial charge in [-0.3, -0.25) is 0 Å². The maximum Gasteiger partial charge on any atom is 0.0713 e. The summed E-state index contributed by atoms with van der Waals surface area (Å²) in [7, 11) is 3.42. The molecule has 2 aromatic rings. The topological polar surface area (TPSA) is 18.5 Å². The number of ether oxygens (including phenoxy) is 2. The summed E-state index contributed by atoms with van der Waals surface area (Å²) in [6.45, 7) is 1.32. The summed E-state index contributed by atoms with van der Waals surface area (Å²) in [6, 6.07) is 16.8. The molecule has 0 N–H and O–H groups in total. The van der Waals surface area contributed by atoms with Crippen molar-refractivity contribution in [3.8, 4) is 0 Å². The second kappa shape index (κ2) is 7.63. The van der Waals surface area contributed by atoms with Crippen LogP contribution in [0.25, 0.3) is 12.2 Å². The molecule has 0 amide bonds. The van der Waals surface area contributed by atoms with Crippen LogP contribution in [0, 0.1) is 0 Å². The third-order valence-corrected chi connectivity index (χ3v) is 3.05. The van der Waals surface area contributed by atoms with Gasteiger partial charge in [0.2, 0.25) is 0 Å². The van der Waals surface area contributed by atoms with Gasteiger partial charge in [-0.2, -0.15) is 0 Å². The number of hydrogen-bond acceptors (Lipinski definition) is 2. The van der Waals surface area contributed by atoms with Crippen molar-refractivity contribution in [3.63, 3.8) is 0 Å². The monoisotopic (exact) mass is 268 g/mol. The molecule has 0 fully saturated rings. The second-order valence-corrected chi connectivity index (χ2v) is 4.68. The number of hydrogen-bond donors (Lipinski definition) is 0. The van der Waals surface area contributed by atoms with Gasteiger partial charge in [-0.05, 0) is 22.3 Å². The molecule has 0 bridgehead atoms. The zero-order chi connectivity index (χ0) is 14.2. The molecular formula is C18H20O2. The molecule has 2 rings (SSSR count). The van der Waals surface area contributed by atoms with E-state index in [-0.39, 0.29) is 0 Å². The molecule has 0 aromatic heterocycles. The van der Waals surface area contributed by atoms with E-state index in [0.29, 0.717) is 13.2 Å². The highest BCUT2D eigenvalue weighted by atomic mass is 16.5. The summed E-state index contributed by atoms with van der Waals surface area (Å²) >= 11 is 0. The molecule has 104 valence electrons. The summed E-state index contributed by atoms with van der Waals surface area (Å²) in [4.78, 5) is 0. The lowest BCUT2D eigenvalue weighted by atomic mass is 10.1. The van der Waals surface area contributed by atoms with Crippen molar-refractivity contribution in [2.75, 3.05) is 14.2 Å². The highest BCUT2D eigenvalue weighted by molar-refractivity contribution is 5.69. The molecule has 0 atom stereocenters. The average molecular weight is 268 g/mol. The number of benzene rings is 2. The Kier molecular flexibility index (Phi) is 5.54. The molecular weight excluding hydrogens is 248 g/mol. The lowest BCUT2D eigenvalue weighted by molar-refractivity contribution is 0.185. The van der Waals surface area contributed by atoms with Gasteiger partial charge in [0.05, 0.1) is 13.2 Å². The van der Waals surface area contributed by atoms with Gasteiger partial charge in [-0.25, -0.2) is 0 Å². The van der Waals surface area contributed by atoms with Crippen LogP contribution in [-0.4, -0.2) is 14.2 Å². The fraction of sp³-hybridized carbons (Fsp3) is 0.222. The van der Waals surface area contributed by atoms with E-state index in [4.69, 9.17) is 9.47 Å². The van der Waals surface area contributed by atoms with Gasteiger partial charge in [-0.1, -0.05) is 60.7 Å². The first-order valence-corrected chi connectivity index (χ1v) is 6.65. The van der Waals surface area contributed by atoms with Crippen LogP contribution < -0.4 is 0 Å².